The molecule has 2 aliphatic rings. The molecule has 9 heteroatoms. The van der Waals surface area contributed by atoms with Crippen molar-refractivity contribution in [1.82, 2.24) is 14.6 Å². The summed E-state index contributed by atoms with van der Waals surface area (Å²) >= 11 is 0. The molecular formula is C19H32N6O2S. The van der Waals surface area contributed by atoms with Crippen LogP contribution in [0.3, 0.4) is 0 Å². The minimum absolute atomic E-state index is 0.0103. The van der Waals surface area contributed by atoms with Crippen LogP contribution in [0.4, 0.5) is 5.82 Å². The maximum absolute atomic E-state index is 12.6. The first kappa shape index (κ1) is 20.9. The summed E-state index contributed by atoms with van der Waals surface area (Å²) in [5, 5.41) is 3.25. The molecule has 0 bridgehead atoms. The largest absolute Gasteiger partial charge is 0.370 e. The number of hydrogen-bond acceptors (Lipinski definition) is 5. The van der Waals surface area contributed by atoms with Crippen molar-refractivity contribution in [2.75, 3.05) is 43.4 Å². The molecule has 1 aliphatic carbocycles. The topological polar surface area (TPSA) is 104 Å². The molecule has 156 valence electrons. The molecule has 3 N–H and O–H groups in total. The van der Waals surface area contributed by atoms with E-state index in [4.69, 9.17) is 5.73 Å². The second-order valence-corrected chi connectivity index (χ2v) is 9.58. The summed E-state index contributed by atoms with van der Waals surface area (Å²) in [5.74, 6) is 1.24. The van der Waals surface area contributed by atoms with Crippen molar-refractivity contribution in [3.63, 3.8) is 0 Å². The zero-order valence-electron chi connectivity index (χ0n) is 16.5. The Hall–Kier alpha value is -1.87. The molecule has 0 radical (unpaired) electrons. The van der Waals surface area contributed by atoms with E-state index in [1.807, 2.05) is 18.2 Å². The average Bonchev–Trinajstić information content (AvgIpc) is 2.97. The lowest BCUT2D eigenvalue weighted by molar-refractivity contribution is 0.384. The summed E-state index contributed by atoms with van der Waals surface area (Å²) in [6.45, 7) is 2.42. The molecule has 1 aromatic rings. The summed E-state index contributed by atoms with van der Waals surface area (Å²) in [4.78, 5) is 10.7. The fourth-order valence-corrected chi connectivity index (χ4v) is 5.13. The second kappa shape index (κ2) is 10.1. The van der Waals surface area contributed by atoms with Crippen molar-refractivity contribution in [3.8, 4) is 0 Å². The van der Waals surface area contributed by atoms with Crippen LogP contribution in [-0.2, 0) is 10.0 Å². The number of aromatic nitrogens is 1. The molecule has 3 rings (SSSR count). The maximum Gasteiger partial charge on any atom is 0.216 e. The van der Waals surface area contributed by atoms with Gasteiger partial charge in [0, 0.05) is 38.4 Å². The molecule has 28 heavy (non-hydrogen) atoms. The van der Waals surface area contributed by atoms with E-state index in [9.17, 15) is 8.42 Å². The summed E-state index contributed by atoms with van der Waals surface area (Å²) in [6, 6.07) is 6.13. The summed E-state index contributed by atoms with van der Waals surface area (Å²) in [7, 11) is -3.33. The number of nitrogens with zero attached hydrogens (tertiary/aromatic N) is 4. The number of sulfonamides is 1. The first-order chi connectivity index (χ1) is 13.5. The SMILES string of the molecule is NC(=NCCS(=O)(=O)N1CCN(c2ccccn2)CC1)NC1CCCCCC1. The Bertz CT molecular complexity index is 724. The Morgan fingerprint density at radius 3 is 2.50 bits per heavy atom. The Balaban J connectivity index is 1.43. The van der Waals surface area contributed by atoms with Gasteiger partial charge in [0.15, 0.2) is 5.96 Å². The van der Waals surface area contributed by atoms with Gasteiger partial charge in [0.25, 0.3) is 0 Å². The highest BCUT2D eigenvalue weighted by Gasteiger charge is 2.27. The van der Waals surface area contributed by atoms with E-state index >= 15 is 0 Å². The Morgan fingerprint density at radius 1 is 1.14 bits per heavy atom. The van der Waals surface area contributed by atoms with Crippen LogP contribution >= 0.6 is 0 Å². The van der Waals surface area contributed by atoms with Crippen molar-refractivity contribution >= 4 is 21.8 Å². The zero-order chi connectivity index (χ0) is 19.8. The number of rotatable bonds is 6. The molecule has 0 atom stereocenters. The number of nitrogens with one attached hydrogen (secondary N) is 1. The lowest BCUT2D eigenvalue weighted by atomic mass is 10.1. The third kappa shape index (κ3) is 6.07. The highest BCUT2D eigenvalue weighted by atomic mass is 32.2. The molecule has 2 heterocycles. The van der Waals surface area contributed by atoms with E-state index in [1.54, 1.807) is 10.5 Å². The summed E-state index contributed by atoms with van der Waals surface area (Å²) < 4.78 is 26.8. The van der Waals surface area contributed by atoms with Crippen LogP contribution in [-0.4, -0.2) is 68.2 Å². The van der Waals surface area contributed by atoms with E-state index in [0.717, 1.165) is 18.7 Å². The first-order valence-electron chi connectivity index (χ1n) is 10.2. The maximum atomic E-state index is 12.6. The van der Waals surface area contributed by atoms with E-state index in [0.29, 0.717) is 38.2 Å². The van der Waals surface area contributed by atoms with Crippen LogP contribution < -0.4 is 16.0 Å². The number of anilines is 1. The smallest absolute Gasteiger partial charge is 0.216 e. The normalized spacial score (nSPS) is 20.7. The molecule has 2 fully saturated rings. The number of hydrogen-bond donors (Lipinski definition) is 2. The molecule has 0 aromatic carbocycles. The number of pyridine rings is 1. The molecule has 1 aliphatic heterocycles. The van der Waals surface area contributed by atoms with Gasteiger partial charge in [-0.15, -0.1) is 0 Å². The van der Waals surface area contributed by atoms with E-state index in [2.05, 4.69) is 20.2 Å². The Labute approximate surface area is 168 Å². The van der Waals surface area contributed by atoms with E-state index in [-0.39, 0.29) is 12.3 Å². The van der Waals surface area contributed by atoms with Gasteiger partial charge in [-0.2, -0.15) is 4.31 Å². The molecule has 1 saturated carbocycles. The van der Waals surface area contributed by atoms with Gasteiger partial charge in [0.05, 0.1) is 12.3 Å². The van der Waals surface area contributed by atoms with Crippen molar-refractivity contribution in [2.24, 2.45) is 10.7 Å². The van der Waals surface area contributed by atoms with Gasteiger partial charge in [-0.1, -0.05) is 31.7 Å². The van der Waals surface area contributed by atoms with Gasteiger partial charge in [-0.3, -0.25) is 4.99 Å². The Kier molecular flexibility index (Phi) is 7.50. The van der Waals surface area contributed by atoms with Gasteiger partial charge in [0.1, 0.15) is 5.82 Å². The quantitative estimate of drug-likeness (QED) is 0.416. The predicted octanol–water partition coefficient (Wildman–Crippen LogP) is 1.16. The van der Waals surface area contributed by atoms with Crippen molar-refractivity contribution in [1.29, 1.82) is 0 Å². The highest BCUT2D eigenvalue weighted by Crippen LogP contribution is 2.17. The van der Waals surface area contributed by atoms with E-state index in [1.165, 1.54) is 25.7 Å². The van der Waals surface area contributed by atoms with Crippen LogP contribution in [0.25, 0.3) is 0 Å². The van der Waals surface area contributed by atoms with Crippen LogP contribution in [0.2, 0.25) is 0 Å². The highest BCUT2D eigenvalue weighted by molar-refractivity contribution is 7.89. The number of nitrogens with two attached hydrogens (primary N) is 1. The third-order valence-electron chi connectivity index (χ3n) is 5.44. The van der Waals surface area contributed by atoms with Gasteiger partial charge in [0.2, 0.25) is 10.0 Å². The fraction of sp³-hybridized carbons (Fsp3) is 0.684. The van der Waals surface area contributed by atoms with Crippen LogP contribution in [0.1, 0.15) is 38.5 Å². The predicted molar refractivity (Wildman–Crippen MR) is 113 cm³/mol. The summed E-state index contributed by atoms with van der Waals surface area (Å²) in [6.07, 6.45) is 8.95. The lowest BCUT2D eigenvalue weighted by Crippen LogP contribution is -2.49. The third-order valence-corrected chi connectivity index (χ3v) is 7.29. The molecule has 8 nitrogen and oxygen atoms in total. The van der Waals surface area contributed by atoms with Gasteiger partial charge in [-0.05, 0) is 25.0 Å². The first-order valence-corrected chi connectivity index (χ1v) is 11.9. The van der Waals surface area contributed by atoms with Crippen LogP contribution in [0, 0.1) is 0 Å². The van der Waals surface area contributed by atoms with Crippen molar-refractivity contribution < 1.29 is 8.42 Å². The number of piperazine rings is 1. The molecule has 1 saturated heterocycles. The van der Waals surface area contributed by atoms with Crippen molar-refractivity contribution in [3.05, 3.63) is 24.4 Å². The van der Waals surface area contributed by atoms with Gasteiger partial charge >= 0.3 is 0 Å². The standard InChI is InChI=1S/C19H32N6O2S/c20-19(23-17-7-3-1-2-4-8-17)22-11-16-28(26,27)25-14-12-24(13-15-25)18-9-5-6-10-21-18/h5-6,9-10,17H,1-4,7-8,11-16H2,(H3,20,22,23). The van der Waals surface area contributed by atoms with Gasteiger partial charge in [-0.25, -0.2) is 13.4 Å². The Morgan fingerprint density at radius 2 is 1.86 bits per heavy atom. The van der Waals surface area contributed by atoms with Gasteiger partial charge < -0.3 is 16.0 Å². The fourth-order valence-electron chi connectivity index (χ4n) is 3.83. The van der Waals surface area contributed by atoms with Crippen LogP contribution in [0.15, 0.2) is 29.4 Å². The number of guanidine groups is 1. The average molecular weight is 409 g/mol. The minimum atomic E-state index is -3.33. The monoisotopic (exact) mass is 408 g/mol. The molecule has 0 spiro atoms. The lowest BCUT2D eigenvalue weighted by Gasteiger charge is -2.34. The molecule has 0 unspecified atom stereocenters. The van der Waals surface area contributed by atoms with Crippen molar-refractivity contribution in [2.45, 2.75) is 44.6 Å². The second-order valence-electron chi connectivity index (χ2n) is 7.49. The van der Waals surface area contributed by atoms with Crippen LogP contribution in [0.5, 0.6) is 0 Å². The zero-order valence-corrected chi connectivity index (χ0v) is 17.3. The minimum Gasteiger partial charge on any atom is -0.370 e. The molecular weight excluding hydrogens is 376 g/mol. The summed E-state index contributed by atoms with van der Waals surface area (Å²) in [5.41, 5.74) is 5.96. The molecule has 0 amide bonds. The molecule has 1 aromatic heterocycles. The van der Waals surface area contributed by atoms with E-state index < -0.39 is 10.0 Å². The number of aliphatic imine (C=N–C) groups is 1.